The van der Waals surface area contributed by atoms with E-state index in [1.165, 1.54) is 37.7 Å². The predicted molar refractivity (Wildman–Crippen MR) is 115 cm³/mol. The third kappa shape index (κ3) is 6.53. The summed E-state index contributed by atoms with van der Waals surface area (Å²) in [7, 11) is 1.82. The Morgan fingerprint density at radius 2 is 1.76 bits per heavy atom. The lowest BCUT2D eigenvalue weighted by Gasteiger charge is -2.23. The molecule has 1 saturated carbocycles. The summed E-state index contributed by atoms with van der Waals surface area (Å²) in [5.41, 5.74) is 1.23. The lowest BCUT2D eigenvalue weighted by atomic mass is 9.98. The van der Waals surface area contributed by atoms with Gasteiger partial charge in [0.1, 0.15) is 5.75 Å². The van der Waals surface area contributed by atoms with E-state index >= 15 is 0 Å². The second kappa shape index (κ2) is 10.7. The lowest BCUT2D eigenvalue weighted by molar-refractivity contribution is 0.155. The van der Waals surface area contributed by atoms with Crippen LogP contribution < -0.4 is 15.4 Å². The molecule has 1 fully saturated rings. The topological polar surface area (TPSA) is 45.7 Å². The van der Waals surface area contributed by atoms with Crippen molar-refractivity contribution in [3.05, 3.63) is 42.0 Å². The molecule has 0 aliphatic heterocycles. The van der Waals surface area contributed by atoms with Crippen molar-refractivity contribution in [2.75, 3.05) is 7.05 Å². The molecule has 0 aromatic heterocycles. The zero-order valence-electron chi connectivity index (χ0n) is 15.0. The molecule has 0 radical (unpaired) electrons. The molecule has 25 heavy (non-hydrogen) atoms. The van der Waals surface area contributed by atoms with Crippen LogP contribution in [0.3, 0.4) is 0 Å². The van der Waals surface area contributed by atoms with Crippen molar-refractivity contribution in [3.8, 4) is 5.75 Å². The van der Waals surface area contributed by atoms with E-state index in [1.807, 2.05) is 7.05 Å². The highest BCUT2D eigenvalue weighted by molar-refractivity contribution is 14.0. The highest BCUT2D eigenvalue weighted by Crippen LogP contribution is 2.23. The maximum absolute atomic E-state index is 6.08. The molecule has 0 saturated heterocycles. The molecule has 0 unspecified atom stereocenters. The van der Waals surface area contributed by atoms with Crippen LogP contribution in [-0.2, 0) is 6.54 Å². The quantitative estimate of drug-likeness (QED) is 0.300. The Bertz CT molecular complexity index is 557. The van der Waals surface area contributed by atoms with Gasteiger partial charge in [-0.3, -0.25) is 4.99 Å². The van der Waals surface area contributed by atoms with Gasteiger partial charge < -0.3 is 15.4 Å². The molecule has 1 aromatic carbocycles. The first kappa shape index (κ1) is 20.1. The Kier molecular flexibility index (Phi) is 8.58. The van der Waals surface area contributed by atoms with E-state index in [4.69, 9.17) is 4.74 Å². The SMILES string of the molecule is CN=C(NCc1ccc(OC2CCCCC2)cc1)NC1CC=CC1.I. The maximum Gasteiger partial charge on any atom is 0.191 e. The van der Waals surface area contributed by atoms with E-state index in [0.717, 1.165) is 31.1 Å². The molecule has 4 nitrogen and oxygen atoms in total. The van der Waals surface area contributed by atoms with E-state index in [9.17, 15) is 0 Å². The fourth-order valence-electron chi connectivity index (χ4n) is 3.37. The minimum Gasteiger partial charge on any atom is -0.490 e. The van der Waals surface area contributed by atoms with Crippen LogP contribution in [0.25, 0.3) is 0 Å². The van der Waals surface area contributed by atoms with Gasteiger partial charge in [0, 0.05) is 19.6 Å². The molecule has 2 aliphatic carbocycles. The summed E-state index contributed by atoms with van der Waals surface area (Å²) in [5, 5.41) is 6.84. The smallest absolute Gasteiger partial charge is 0.191 e. The van der Waals surface area contributed by atoms with Crippen LogP contribution in [-0.4, -0.2) is 25.2 Å². The van der Waals surface area contributed by atoms with Gasteiger partial charge in [0.05, 0.1) is 6.10 Å². The zero-order chi connectivity index (χ0) is 16.6. The number of benzene rings is 1. The summed E-state index contributed by atoms with van der Waals surface area (Å²) in [6.45, 7) is 0.767. The second-order valence-electron chi connectivity index (χ2n) is 6.73. The lowest BCUT2D eigenvalue weighted by Crippen LogP contribution is -2.42. The summed E-state index contributed by atoms with van der Waals surface area (Å²) >= 11 is 0. The Balaban J connectivity index is 0.00000225. The summed E-state index contributed by atoms with van der Waals surface area (Å²) in [4.78, 5) is 4.30. The van der Waals surface area contributed by atoms with Gasteiger partial charge in [-0.1, -0.05) is 30.7 Å². The largest absolute Gasteiger partial charge is 0.490 e. The molecule has 2 aliphatic rings. The van der Waals surface area contributed by atoms with Crippen molar-refractivity contribution in [1.82, 2.24) is 10.6 Å². The Morgan fingerprint density at radius 1 is 1.08 bits per heavy atom. The third-order valence-electron chi connectivity index (χ3n) is 4.81. The van der Waals surface area contributed by atoms with Crippen LogP contribution in [0.1, 0.15) is 50.5 Å². The van der Waals surface area contributed by atoms with Crippen LogP contribution in [0.5, 0.6) is 5.75 Å². The molecule has 5 heteroatoms. The zero-order valence-corrected chi connectivity index (χ0v) is 17.4. The Morgan fingerprint density at radius 3 is 2.40 bits per heavy atom. The molecule has 0 spiro atoms. The molecule has 138 valence electrons. The number of ether oxygens (including phenoxy) is 1. The molecule has 2 N–H and O–H groups in total. The van der Waals surface area contributed by atoms with Crippen LogP contribution in [0.15, 0.2) is 41.4 Å². The van der Waals surface area contributed by atoms with Gasteiger partial charge in [-0.05, 0) is 56.2 Å². The highest BCUT2D eigenvalue weighted by Gasteiger charge is 2.15. The van der Waals surface area contributed by atoms with E-state index in [1.54, 1.807) is 0 Å². The minimum atomic E-state index is 0. The number of hydrogen-bond acceptors (Lipinski definition) is 2. The molecule has 1 aromatic rings. The van der Waals surface area contributed by atoms with Gasteiger partial charge in [0.2, 0.25) is 0 Å². The first-order chi connectivity index (χ1) is 11.8. The number of nitrogens with zero attached hydrogens (tertiary/aromatic N) is 1. The summed E-state index contributed by atoms with van der Waals surface area (Å²) < 4.78 is 6.08. The molecule has 0 atom stereocenters. The van der Waals surface area contributed by atoms with Gasteiger partial charge in [0.15, 0.2) is 5.96 Å². The number of halogens is 1. The van der Waals surface area contributed by atoms with Crippen molar-refractivity contribution < 1.29 is 4.74 Å². The molecular weight excluding hydrogens is 425 g/mol. The monoisotopic (exact) mass is 455 g/mol. The number of rotatable bonds is 5. The predicted octanol–water partition coefficient (Wildman–Crippen LogP) is 4.40. The van der Waals surface area contributed by atoms with Crippen molar-refractivity contribution in [3.63, 3.8) is 0 Å². The van der Waals surface area contributed by atoms with Gasteiger partial charge in [-0.2, -0.15) is 0 Å². The van der Waals surface area contributed by atoms with E-state index in [0.29, 0.717) is 12.1 Å². The number of guanidine groups is 1. The van der Waals surface area contributed by atoms with E-state index in [-0.39, 0.29) is 24.0 Å². The fourth-order valence-corrected chi connectivity index (χ4v) is 3.37. The van der Waals surface area contributed by atoms with Gasteiger partial charge in [-0.15, -0.1) is 24.0 Å². The maximum atomic E-state index is 6.08. The number of hydrogen-bond donors (Lipinski definition) is 2. The summed E-state index contributed by atoms with van der Waals surface area (Å²) in [6, 6.07) is 8.92. The van der Waals surface area contributed by atoms with Gasteiger partial charge >= 0.3 is 0 Å². The molecule has 0 amide bonds. The van der Waals surface area contributed by atoms with Crippen molar-refractivity contribution in [2.45, 2.75) is 63.6 Å². The van der Waals surface area contributed by atoms with E-state index in [2.05, 4.69) is 52.0 Å². The van der Waals surface area contributed by atoms with Crippen molar-refractivity contribution in [2.24, 2.45) is 4.99 Å². The highest BCUT2D eigenvalue weighted by atomic mass is 127. The van der Waals surface area contributed by atoms with Crippen LogP contribution >= 0.6 is 24.0 Å². The van der Waals surface area contributed by atoms with Crippen molar-refractivity contribution >= 4 is 29.9 Å². The molecule has 0 bridgehead atoms. The normalized spacial score (nSPS) is 18.7. The average Bonchev–Trinajstić information content (AvgIpc) is 3.14. The summed E-state index contributed by atoms with van der Waals surface area (Å²) in [5.74, 6) is 1.86. The number of nitrogens with one attached hydrogen (secondary N) is 2. The van der Waals surface area contributed by atoms with E-state index < -0.39 is 0 Å². The van der Waals surface area contributed by atoms with Crippen molar-refractivity contribution in [1.29, 1.82) is 0 Å². The number of aliphatic imine (C=N–C) groups is 1. The first-order valence-electron chi connectivity index (χ1n) is 9.21. The van der Waals surface area contributed by atoms with Gasteiger partial charge in [-0.25, -0.2) is 0 Å². The van der Waals surface area contributed by atoms with Crippen LogP contribution in [0.4, 0.5) is 0 Å². The standard InChI is InChI=1S/C20H29N3O.HI/c1-21-20(23-17-7-5-6-8-17)22-15-16-11-13-19(14-12-16)24-18-9-3-2-4-10-18;/h5-6,11-14,17-18H,2-4,7-10,15H2,1H3,(H2,21,22,23);1H. The van der Waals surface area contributed by atoms with Gasteiger partial charge in [0.25, 0.3) is 0 Å². The average molecular weight is 455 g/mol. The summed E-state index contributed by atoms with van der Waals surface area (Å²) in [6.07, 6.45) is 13.4. The minimum absolute atomic E-state index is 0. The van der Waals surface area contributed by atoms with Crippen LogP contribution in [0.2, 0.25) is 0 Å². The molecular formula is C20H30IN3O. The second-order valence-corrected chi connectivity index (χ2v) is 6.73. The first-order valence-corrected chi connectivity index (χ1v) is 9.21. The molecule has 3 rings (SSSR count). The Hall–Kier alpha value is -1.24. The Labute approximate surface area is 168 Å². The fraction of sp³-hybridized carbons (Fsp3) is 0.550. The molecule has 0 heterocycles. The van der Waals surface area contributed by atoms with Crippen LogP contribution in [0, 0.1) is 0 Å². The third-order valence-corrected chi connectivity index (χ3v) is 4.81.